The van der Waals surface area contributed by atoms with Crippen molar-refractivity contribution in [1.82, 2.24) is 18.8 Å². The van der Waals surface area contributed by atoms with Crippen molar-refractivity contribution in [3.63, 3.8) is 0 Å². The van der Waals surface area contributed by atoms with Gasteiger partial charge in [-0.15, -0.1) is 0 Å². The Morgan fingerprint density at radius 3 is 2.24 bits per heavy atom. The van der Waals surface area contributed by atoms with Gasteiger partial charge in [0.05, 0.1) is 0 Å². The Morgan fingerprint density at radius 1 is 1.12 bits per heavy atom. The van der Waals surface area contributed by atoms with Gasteiger partial charge in [-0.05, 0) is 18.4 Å². The second-order valence-corrected chi connectivity index (χ2v) is 8.96. The Kier molecular flexibility index (Phi) is 5.43. The SMILES string of the molecule is CN(C)S(=O)(=O)N1CCN(C(C(=O)NC2CC2)c2ccccc2)CC1. The Hall–Kier alpha value is -1.48. The van der Waals surface area contributed by atoms with Crippen molar-refractivity contribution in [1.29, 1.82) is 0 Å². The van der Waals surface area contributed by atoms with Crippen molar-refractivity contribution >= 4 is 16.1 Å². The van der Waals surface area contributed by atoms with Crippen LogP contribution in [0.3, 0.4) is 0 Å². The summed E-state index contributed by atoms with van der Waals surface area (Å²) in [5, 5.41) is 3.09. The maximum Gasteiger partial charge on any atom is 0.281 e. The highest BCUT2D eigenvalue weighted by atomic mass is 32.2. The lowest BCUT2D eigenvalue weighted by molar-refractivity contribution is -0.127. The average Bonchev–Trinajstić information content (AvgIpc) is 3.40. The molecule has 0 bridgehead atoms. The van der Waals surface area contributed by atoms with Crippen LogP contribution in [0.2, 0.25) is 0 Å². The monoisotopic (exact) mass is 366 g/mol. The van der Waals surface area contributed by atoms with Crippen LogP contribution in [0.4, 0.5) is 0 Å². The van der Waals surface area contributed by atoms with Gasteiger partial charge >= 0.3 is 0 Å². The minimum absolute atomic E-state index is 0.0117. The molecule has 1 unspecified atom stereocenters. The number of carbonyl (C=O) groups excluding carboxylic acids is 1. The van der Waals surface area contributed by atoms with E-state index >= 15 is 0 Å². The fourth-order valence-corrected chi connectivity index (χ4v) is 4.18. The molecule has 0 aromatic heterocycles. The molecule has 1 saturated carbocycles. The molecule has 1 aromatic carbocycles. The summed E-state index contributed by atoms with van der Waals surface area (Å²) < 4.78 is 27.3. The molecule has 2 fully saturated rings. The van der Waals surface area contributed by atoms with Crippen LogP contribution in [0, 0.1) is 0 Å². The molecule has 0 spiro atoms. The standard InChI is InChI=1S/C17H26N4O3S/c1-19(2)25(23,24)21-12-10-20(11-13-21)16(14-6-4-3-5-7-14)17(22)18-15-8-9-15/h3-7,15-16H,8-13H2,1-2H3,(H,18,22). The molecule has 1 aromatic rings. The highest BCUT2D eigenvalue weighted by molar-refractivity contribution is 7.86. The van der Waals surface area contributed by atoms with Gasteiger partial charge in [0.15, 0.2) is 0 Å². The number of amides is 1. The van der Waals surface area contributed by atoms with Crippen molar-refractivity contribution in [3.05, 3.63) is 35.9 Å². The second-order valence-electron chi connectivity index (χ2n) is 6.82. The Morgan fingerprint density at radius 2 is 1.72 bits per heavy atom. The van der Waals surface area contributed by atoms with Gasteiger partial charge in [0.25, 0.3) is 10.2 Å². The molecule has 25 heavy (non-hydrogen) atoms. The first-order valence-electron chi connectivity index (χ1n) is 8.66. The zero-order valence-electron chi connectivity index (χ0n) is 14.8. The average molecular weight is 366 g/mol. The molecule has 3 rings (SSSR count). The molecule has 1 amide bonds. The number of nitrogens with zero attached hydrogens (tertiary/aromatic N) is 3. The Balaban J connectivity index is 1.73. The van der Waals surface area contributed by atoms with Gasteiger partial charge in [0, 0.05) is 46.3 Å². The van der Waals surface area contributed by atoms with Gasteiger partial charge in [-0.3, -0.25) is 9.69 Å². The molecule has 1 heterocycles. The lowest BCUT2D eigenvalue weighted by Crippen LogP contribution is -2.54. The normalized spacial score (nSPS) is 21.2. The van der Waals surface area contributed by atoms with Crippen LogP contribution in [-0.2, 0) is 15.0 Å². The lowest BCUT2D eigenvalue weighted by Gasteiger charge is -2.38. The fourth-order valence-electron chi connectivity index (χ4n) is 3.09. The van der Waals surface area contributed by atoms with Crippen LogP contribution in [0.5, 0.6) is 0 Å². The molecule has 1 aliphatic heterocycles. The maximum atomic E-state index is 12.8. The van der Waals surface area contributed by atoms with Gasteiger partial charge in [0.2, 0.25) is 5.91 Å². The third-order valence-electron chi connectivity index (χ3n) is 4.71. The lowest BCUT2D eigenvalue weighted by atomic mass is 10.0. The quantitative estimate of drug-likeness (QED) is 0.792. The second kappa shape index (κ2) is 7.41. The Bertz CT molecular complexity index is 696. The van der Waals surface area contributed by atoms with E-state index in [1.807, 2.05) is 30.3 Å². The van der Waals surface area contributed by atoms with Gasteiger partial charge in [-0.25, -0.2) is 0 Å². The first-order chi connectivity index (χ1) is 11.9. The summed E-state index contributed by atoms with van der Waals surface area (Å²) in [4.78, 5) is 14.9. The predicted octanol–water partition coefficient (Wildman–Crippen LogP) is 0.430. The topological polar surface area (TPSA) is 73.0 Å². The van der Waals surface area contributed by atoms with E-state index in [1.165, 1.54) is 22.7 Å². The zero-order valence-corrected chi connectivity index (χ0v) is 15.6. The summed E-state index contributed by atoms with van der Waals surface area (Å²) in [5.41, 5.74) is 0.949. The van der Waals surface area contributed by atoms with Crippen LogP contribution in [0.1, 0.15) is 24.4 Å². The van der Waals surface area contributed by atoms with E-state index in [0.29, 0.717) is 32.2 Å². The highest BCUT2D eigenvalue weighted by Crippen LogP contribution is 2.26. The van der Waals surface area contributed by atoms with E-state index in [1.54, 1.807) is 0 Å². The zero-order chi connectivity index (χ0) is 18.0. The third kappa shape index (κ3) is 4.20. The molecule has 1 saturated heterocycles. The molecule has 1 atom stereocenters. The number of rotatable bonds is 6. The molecular weight excluding hydrogens is 340 g/mol. The molecule has 1 N–H and O–H groups in total. The van der Waals surface area contributed by atoms with Gasteiger partial charge in [0.1, 0.15) is 6.04 Å². The molecule has 0 radical (unpaired) electrons. The van der Waals surface area contributed by atoms with Crippen molar-refractivity contribution < 1.29 is 13.2 Å². The number of benzene rings is 1. The largest absolute Gasteiger partial charge is 0.352 e. The number of piperazine rings is 1. The van der Waals surface area contributed by atoms with Crippen LogP contribution in [-0.4, -0.2) is 74.2 Å². The van der Waals surface area contributed by atoms with E-state index in [9.17, 15) is 13.2 Å². The first-order valence-corrected chi connectivity index (χ1v) is 10.1. The van der Waals surface area contributed by atoms with E-state index < -0.39 is 10.2 Å². The molecule has 2 aliphatic rings. The summed E-state index contributed by atoms with van der Waals surface area (Å²) in [5.74, 6) is 0.0117. The number of nitrogens with one attached hydrogen (secondary N) is 1. The fraction of sp³-hybridized carbons (Fsp3) is 0.588. The molecule has 8 heteroatoms. The van der Waals surface area contributed by atoms with Crippen molar-refractivity contribution in [2.24, 2.45) is 0 Å². The summed E-state index contributed by atoms with van der Waals surface area (Å²) in [6, 6.07) is 9.64. The van der Waals surface area contributed by atoms with Crippen LogP contribution < -0.4 is 5.32 Å². The van der Waals surface area contributed by atoms with E-state index in [4.69, 9.17) is 0 Å². The Labute approximate surface area is 149 Å². The number of hydrogen-bond donors (Lipinski definition) is 1. The molecule has 7 nitrogen and oxygen atoms in total. The van der Waals surface area contributed by atoms with Gasteiger partial charge < -0.3 is 5.32 Å². The van der Waals surface area contributed by atoms with Crippen molar-refractivity contribution in [2.45, 2.75) is 24.9 Å². The van der Waals surface area contributed by atoms with Crippen LogP contribution >= 0.6 is 0 Å². The third-order valence-corrected chi connectivity index (χ3v) is 6.65. The van der Waals surface area contributed by atoms with Crippen LogP contribution in [0.25, 0.3) is 0 Å². The summed E-state index contributed by atoms with van der Waals surface area (Å²) in [6.45, 7) is 1.84. The van der Waals surface area contributed by atoms with E-state index in [2.05, 4.69) is 10.2 Å². The molecule has 138 valence electrons. The highest BCUT2D eigenvalue weighted by Gasteiger charge is 2.36. The van der Waals surface area contributed by atoms with Crippen molar-refractivity contribution in [2.75, 3.05) is 40.3 Å². The summed E-state index contributed by atoms with van der Waals surface area (Å²) in [6.07, 6.45) is 2.09. The minimum Gasteiger partial charge on any atom is -0.352 e. The smallest absolute Gasteiger partial charge is 0.281 e. The summed E-state index contributed by atoms with van der Waals surface area (Å²) in [7, 11) is -0.325. The number of carbonyl (C=O) groups is 1. The maximum absolute atomic E-state index is 12.8. The first kappa shape index (κ1) is 18.3. The predicted molar refractivity (Wildman–Crippen MR) is 96.1 cm³/mol. The molecule has 1 aliphatic carbocycles. The van der Waals surface area contributed by atoms with Gasteiger partial charge in [-0.2, -0.15) is 17.0 Å². The van der Waals surface area contributed by atoms with E-state index in [-0.39, 0.29) is 11.9 Å². The van der Waals surface area contributed by atoms with E-state index in [0.717, 1.165) is 18.4 Å². The van der Waals surface area contributed by atoms with Gasteiger partial charge in [-0.1, -0.05) is 30.3 Å². The van der Waals surface area contributed by atoms with Crippen LogP contribution in [0.15, 0.2) is 30.3 Å². The minimum atomic E-state index is -3.40. The molecular formula is C17H26N4O3S. The van der Waals surface area contributed by atoms with Crippen molar-refractivity contribution in [3.8, 4) is 0 Å². The summed E-state index contributed by atoms with van der Waals surface area (Å²) >= 11 is 0. The number of hydrogen-bond acceptors (Lipinski definition) is 4.